The Morgan fingerprint density at radius 2 is 1.62 bits per heavy atom. The number of carbonyl (C=O) groups excluding carboxylic acids is 1. The minimum absolute atomic E-state index is 0.0132. The highest BCUT2D eigenvalue weighted by Gasteiger charge is 2.31. The summed E-state index contributed by atoms with van der Waals surface area (Å²) in [4.78, 5) is 29.2. The third-order valence-electron chi connectivity index (χ3n) is 4.96. The maximum absolute atomic E-state index is 13.1. The van der Waals surface area contributed by atoms with Crippen LogP contribution in [-0.4, -0.2) is 54.7 Å². The van der Waals surface area contributed by atoms with Crippen LogP contribution in [-0.2, 0) is 10.0 Å². The van der Waals surface area contributed by atoms with Crippen LogP contribution >= 0.6 is 0 Å². The van der Waals surface area contributed by atoms with Gasteiger partial charge in [0.05, 0.1) is 10.5 Å². The van der Waals surface area contributed by atoms with Crippen LogP contribution in [0.15, 0.2) is 64.3 Å². The van der Waals surface area contributed by atoms with Gasteiger partial charge in [0.15, 0.2) is 0 Å². The van der Waals surface area contributed by atoms with E-state index in [9.17, 15) is 22.4 Å². The Labute approximate surface area is 166 Å². The fourth-order valence-corrected chi connectivity index (χ4v) is 4.86. The molecule has 0 radical (unpaired) electrons. The van der Waals surface area contributed by atoms with Gasteiger partial charge in [0, 0.05) is 43.1 Å². The molecule has 1 N–H and O–H groups in total. The Kier molecular flexibility index (Phi) is 4.93. The molecule has 1 aromatic heterocycles. The van der Waals surface area contributed by atoms with E-state index < -0.39 is 15.8 Å². The number of aromatic nitrogens is 1. The van der Waals surface area contributed by atoms with Crippen molar-refractivity contribution in [3.05, 3.63) is 76.3 Å². The van der Waals surface area contributed by atoms with E-state index in [4.69, 9.17) is 0 Å². The normalized spacial score (nSPS) is 15.6. The van der Waals surface area contributed by atoms with Crippen LogP contribution in [0.4, 0.5) is 4.39 Å². The highest BCUT2D eigenvalue weighted by atomic mass is 32.2. The standard InChI is InChI=1S/C20H18FN3O4S/c21-14-5-7-15(8-6-14)29(27,28)24-11-9-23(10-12-24)20(26)17-13-19(25)22-18-4-2-1-3-16(17)18/h1-8,13H,9-12H2,(H,22,25). The molecule has 29 heavy (non-hydrogen) atoms. The van der Waals surface area contributed by atoms with Gasteiger partial charge in [0.25, 0.3) is 5.91 Å². The van der Waals surface area contributed by atoms with Crippen molar-refractivity contribution in [3.63, 3.8) is 0 Å². The molecule has 9 heteroatoms. The van der Waals surface area contributed by atoms with Crippen LogP contribution in [0.1, 0.15) is 10.4 Å². The van der Waals surface area contributed by atoms with Crippen molar-refractivity contribution in [1.29, 1.82) is 0 Å². The van der Waals surface area contributed by atoms with E-state index in [0.717, 1.165) is 12.1 Å². The zero-order valence-electron chi connectivity index (χ0n) is 15.3. The summed E-state index contributed by atoms with van der Waals surface area (Å²) >= 11 is 0. The molecule has 2 heterocycles. The number of benzene rings is 2. The van der Waals surface area contributed by atoms with Crippen molar-refractivity contribution >= 4 is 26.8 Å². The van der Waals surface area contributed by atoms with Gasteiger partial charge in [-0.3, -0.25) is 9.59 Å². The van der Waals surface area contributed by atoms with Crippen LogP contribution < -0.4 is 5.56 Å². The van der Waals surface area contributed by atoms with Crippen molar-refractivity contribution in [2.75, 3.05) is 26.2 Å². The molecule has 1 fully saturated rings. The van der Waals surface area contributed by atoms with E-state index >= 15 is 0 Å². The van der Waals surface area contributed by atoms with Gasteiger partial charge in [-0.15, -0.1) is 0 Å². The molecule has 0 aliphatic carbocycles. The van der Waals surface area contributed by atoms with Crippen LogP contribution in [0.2, 0.25) is 0 Å². The quantitative estimate of drug-likeness (QED) is 0.707. The Morgan fingerprint density at radius 3 is 2.31 bits per heavy atom. The molecule has 0 atom stereocenters. The summed E-state index contributed by atoms with van der Waals surface area (Å²) in [7, 11) is -3.76. The predicted molar refractivity (Wildman–Crippen MR) is 106 cm³/mol. The van der Waals surface area contributed by atoms with Gasteiger partial charge in [-0.05, 0) is 30.3 Å². The van der Waals surface area contributed by atoms with E-state index in [2.05, 4.69) is 4.98 Å². The highest BCUT2D eigenvalue weighted by molar-refractivity contribution is 7.89. The number of nitrogens with one attached hydrogen (secondary N) is 1. The Bertz CT molecular complexity index is 1230. The number of hydrogen-bond donors (Lipinski definition) is 1. The van der Waals surface area contributed by atoms with Crippen molar-refractivity contribution in [2.24, 2.45) is 0 Å². The number of pyridine rings is 1. The molecule has 1 saturated heterocycles. The number of nitrogens with zero attached hydrogens (tertiary/aromatic N) is 2. The smallest absolute Gasteiger partial charge is 0.254 e. The molecule has 2 aromatic carbocycles. The average molecular weight is 415 g/mol. The topological polar surface area (TPSA) is 90.6 Å². The molecule has 4 rings (SSSR count). The minimum Gasteiger partial charge on any atom is -0.336 e. The van der Waals surface area contributed by atoms with E-state index in [-0.39, 0.29) is 42.5 Å². The molecule has 0 saturated carbocycles. The second-order valence-corrected chi connectivity index (χ2v) is 8.68. The number of carbonyl (C=O) groups is 1. The number of fused-ring (bicyclic) bond motifs is 1. The molecule has 7 nitrogen and oxygen atoms in total. The summed E-state index contributed by atoms with van der Waals surface area (Å²) < 4.78 is 39.8. The predicted octanol–water partition coefficient (Wildman–Crippen LogP) is 1.81. The molecular formula is C20H18FN3O4S. The first kappa shape index (κ1) is 19.3. The Hall–Kier alpha value is -3.04. The number of H-pyrrole nitrogens is 1. The molecule has 150 valence electrons. The third-order valence-corrected chi connectivity index (χ3v) is 6.87. The summed E-state index contributed by atoms with van der Waals surface area (Å²) in [6, 6.07) is 13.0. The number of para-hydroxylation sites is 1. The summed E-state index contributed by atoms with van der Waals surface area (Å²) in [5.74, 6) is -0.824. The summed E-state index contributed by atoms with van der Waals surface area (Å²) in [5, 5.41) is 0.637. The average Bonchev–Trinajstić information content (AvgIpc) is 2.73. The number of aromatic amines is 1. The third kappa shape index (κ3) is 3.66. The number of rotatable bonds is 3. The zero-order valence-corrected chi connectivity index (χ0v) is 16.2. The number of amides is 1. The first-order chi connectivity index (χ1) is 13.9. The van der Waals surface area contributed by atoms with Gasteiger partial charge in [0.1, 0.15) is 5.82 Å². The molecule has 0 spiro atoms. The van der Waals surface area contributed by atoms with Crippen molar-refractivity contribution in [2.45, 2.75) is 4.90 Å². The van der Waals surface area contributed by atoms with E-state index in [1.54, 1.807) is 24.3 Å². The number of hydrogen-bond acceptors (Lipinski definition) is 4. The van der Waals surface area contributed by atoms with Gasteiger partial charge < -0.3 is 9.88 Å². The minimum atomic E-state index is -3.76. The summed E-state index contributed by atoms with van der Waals surface area (Å²) in [5.41, 5.74) is 0.490. The van der Waals surface area contributed by atoms with Crippen molar-refractivity contribution in [1.82, 2.24) is 14.2 Å². The highest BCUT2D eigenvalue weighted by Crippen LogP contribution is 2.21. The van der Waals surface area contributed by atoms with Crippen LogP contribution in [0, 0.1) is 5.82 Å². The van der Waals surface area contributed by atoms with E-state index in [1.807, 2.05) is 0 Å². The summed E-state index contributed by atoms with van der Waals surface area (Å²) in [6.45, 7) is 0.625. The molecule has 3 aromatic rings. The fourth-order valence-electron chi connectivity index (χ4n) is 3.44. The lowest BCUT2D eigenvalue weighted by Crippen LogP contribution is -2.50. The molecule has 0 unspecified atom stereocenters. The van der Waals surface area contributed by atoms with Gasteiger partial charge in [-0.2, -0.15) is 4.31 Å². The van der Waals surface area contributed by atoms with Gasteiger partial charge in [0.2, 0.25) is 15.6 Å². The van der Waals surface area contributed by atoms with E-state index in [0.29, 0.717) is 16.5 Å². The lowest BCUT2D eigenvalue weighted by molar-refractivity contribution is 0.0699. The van der Waals surface area contributed by atoms with Gasteiger partial charge >= 0.3 is 0 Å². The molecule has 0 bridgehead atoms. The second kappa shape index (κ2) is 7.41. The SMILES string of the molecule is O=C(c1cc(=O)[nH]c2ccccc12)N1CCN(S(=O)(=O)c2ccc(F)cc2)CC1. The number of piperazine rings is 1. The number of sulfonamides is 1. The fraction of sp³-hybridized carbons (Fsp3) is 0.200. The maximum Gasteiger partial charge on any atom is 0.254 e. The maximum atomic E-state index is 13.1. The van der Waals surface area contributed by atoms with Gasteiger partial charge in [-0.25, -0.2) is 12.8 Å². The van der Waals surface area contributed by atoms with Crippen LogP contribution in [0.3, 0.4) is 0 Å². The monoisotopic (exact) mass is 415 g/mol. The Morgan fingerprint density at radius 1 is 0.966 bits per heavy atom. The first-order valence-electron chi connectivity index (χ1n) is 9.03. The first-order valence-corrected chi connectivity index (χ1v) is 10.5. The zero-order chi connectivity index (χ0) is 20.6. The molecule has 1 aliphatic rings. The van der Waals surface area contributed by atoms with Crippen LogP contribution in [0.5, 0.6) is 0 Å². The lowest BCUT2D eigenvalue weighted by atomic mass is 10.1. The van der Waals surface area contributed by atoms with Crippen LogP contribution in [0.25, 0.3) is 10.9 Å². The molecule has 1 amide bonds. The van der Waals surface area contributed by atoms with Crippen molar-refractivity contribution < 1.29 is 17.6 Å². The lowest BCUT2D eigenvalue weighted by Gasteiger charge is -2.34. The number of halogens is 1. The largest absolute Gasteiger partial charge is 0.336 e. The van der Waals surface area contributed by atoms with Crippen molar-refractivity contribution in [3.8, 4) is 0 Å². The molecular weight excluding hydrogens is 397 g/mol. The molecule has 1 aliphatic heterocycles. The van der Waals surface area contributed by atoms with Gasteiger partial charge in [-0.1, -0.05) is 18.2 Å². The Balaban J connectivity index is 1.54. The summed E-state index contributed by atoms with van der Waals surface area (Å²) in [6.07, 6.45) is 0. The van der Waals surface area contributed by atoms with E-state index in [1.165, 1.54) is 27.4 Å². The second-order valence-electron chi connectivity index (χ2n) is 6.74.